The Bertz CT molecular complexity index is 213. The van der Waals surface area contributed by atoms with Crippen molar-refractivity contribution in [2.24, 2.45) is 11.8 Å². The summed E-state index contributed by atoms with van der Waals surface area (Å²) in [6, 6.07) is 0. The fourth-order valence-corrected chi connectivity index (χ4v) is 1.75. The fraction of sp³-hybridized carbons (Fsp3) is 0.778. The van der Waals surface area contributed by atoms with E-state index in [0.717, 1.165) is 6.54 Å². The van der Waals surface area contributed by atoms with Crippen LogP contribution >= 0.6 is 0 Å². The summed E-state index contributed by atoms with van der Waals surface area (Å²) in [4.78, 5) is 23.8. The van der Waals surface area contributed by atoms with E-state index in [1.54, 1.807) is 18.7 Å². The van der Waals surface area contributed by atoms with Gasteiger partial charge in [0.1, 0.15) is 5.78 Å². The SMILES string of the molecule is CC(=O)C1CN(C(C)=O)CC1C. The highest BCUT2D eigenvalue weighted by molar-refractivity contribution is 5.81. The van der Waals surface area contributed by atoms with Gasteiger partial charge in [0.05, 0.1) is 0 Å². The second-order valence-electron chi connectivity index (χ2n) is 3.62. The van der Waals surface area contributed by atoms with Gasteiger partial charge in [-0.15, -0.1) is 0 Å². The summed E-state index contributed by atoms with van der Waals surface area (Å²) in [5.41, 5.74) is 0. The number of rotatable bonds is 1. The third-order valence-corrected chi connectivity index (χ3v) is 2.58. The topological polar surface area (TPSA) is 37.4 Å². The van der Waals surface area contributed by atoms with Gasteiger partial charge in [-0.1, -0.05) is 6.92 Å². The molecule has 1 fully saturated rings. The van der Waals surface area contributed by atoms with Crippen molar-refractivity contribution >= 4 is 11.7 Å². The Balaban J connectivity index is 2.62. The number of hydrogen-bond donors (Lipinski definition) is 0. The lowest BCUT2D eigenvalue weighted by Crippen LogP contribution is -2.26. The van der Waals surface area contributed by atoms with Crippen LogP contribution in [0.3, 0.4) is 0 Å². The Morgan fingerprint density at radius 1 is 1.25 bits per heavy atom. The molecule has 1 amide bonds. The fourth-order valence-electron chi connectivity index (χ4n) is 1.75. The van der Waals surface area contributed by atoms with E-state index in [0.29, 0.717) is 12.5 Å². The molecule has 1 saturated heterocycles. The van der Waals surface area contributed by atoms with Gasteiger partial charge in [-0.3, -0.25) is 9.59 Å². The first-order valence-corrected chi connectivity index (χ1v) is 4.28. The van der Waals surface area contributed by atoms with Gasteiger partial charge >= 0.3 is 0 Å². The largest absolute Gasteiger partial charge is 0.342 e. The normalized spacial score (nSPS) is 29.1. The molecule has 0 radical (unpaired) electrons. The predicted molar refractivity (Wildman–Crippen MR) is 45.6 cm³/mol. The molecule has 68 valence electrons. The molecule has 1 aliphatic rings. The molecular formula is C9H15NO2. The van der Waals surface area contributed by atoms with Crippen LogP contribution in [0, 0.1) is 11.8 Å². The number of likely N-dealkylation sites (tertiary alicyclic amines) is 1. The van der Waals surface area contributed by atoms with Crippen molar-refractivity contribution < 1.29 is 9.59 Å². The number of Topliss-reactive ketones (excluding diaryl/α,β-unsaturated/α-hetero) is 1. The van der Waals surface area contributed by atoms with Gasteiger partial charge in [0.25, 0.3) is 0 Å². The van der Waals surface area contributed by atoms with E-state index in [1.807, 2.05) is 6.92 Å². The number of hydrogen-bond acceptors (Lipinski definition) is 2. The third kappa shape index (κ3) is 1.65. The first-order chi connectivity index (χ1) is 5.52. The summed E-state index contributed by atoms with van der Waals surface area (Å²) < 4.78 is 0. The lowest BCUT2D eigenvalue weighted by molar-refractivity contribution is -0.128. The molecule has 3 nitrogen and oxygen atoms in total. The molecule has 1 aliphatic heterocycles. The standard InChI is InChI=1S/C9H15NO2/c1-6-4-10(8(3)12)5-9(6)7(2)11/h6,9H,4-5H2,1-3H3. The molecular weight excluding hydrogens is 154 g/mol. The molecule has 0 saturated carbocycles. The van der Waals surface area contributed by atoms with E-state index < -0.39 is 0 Å². The van der Waals surface area contributed by atoms with Crippen LogP contribution in [0.25, 0.3) is 0 Å². The Hall–Kier alpha value is -0.860. The van der Waals surface area contributed by atoms with Crippen molar-refractivity contribution in [3.05, 3.63) is 0 Å². The van der Waals surface area contributed by atoms with Crippen LogP contribution < -0.4 is 0 Å². The van der Waals surface area contributed by atoms with Gasteiger partial charge in [0, 0.05) is 25.9 Å². The average Bonchev–Trinajstić information content (AvgIpc) is 2.30. The first-order valence-electron chi connectivity index (χ1n) is 4.28. The minimum atomic E-state index is 0.0638. The Morgan fingerprint density at radius 2 is 1.83 bits per heavy atom. The van der Waals surface area contributed by atoms with Crippen molar-refractivity contribution in [1.82, 2.24) is 4.90 Å². The molecule has 0 bridgehead atoms. The summed E-state index contributed by atoms with van der Waals surface area (Å²) in [6.45, 7) is 6.53. The van der Waals surface area contributed by atoms with Gasteiger partial charge in [0.15, 0.2) is 0 Å². The van der Waals surface area contributed by atoms with Crippen LogP contribution in [0.1, 0.15) is 20.8 Å². The molecule has 0 N–H and O–H groups in total. The van der Waals surface area contributed by atoms with Gasteiger partial charge in [-0.05, 0) is 12.8 Å². The maximum absolute atomic E-state index is 11.1. The minimum Gasteiger partial charge on any atom is -0.342 e. The van der Waals surface area contributed by atoms with E-state index in [1.165, 1.54) is 0 Å². The van der Waals surface area contributed by atoms with Crippen molar-refractivity contribution in [2.75, 3.05) is 13.1 Å². The van der Waals surface area contributed by atoms with Gasteiger partial charge < -0.3 is 4.90 Å². The molecule has 0 aromatic rings. The number of carbonyl (C=O) groups excluding carboxylic acids is 2. The zero-order valence-electron chi connectivity index (χ0n) is 7.83. The predicted octanol–water partition coefficient (Wildman–Crippen LogP) is 0.690. The maximum Gasteiger partial charge on any atom is 0.219 e. The zero-order valence-corrected chi connectivity index (χ0v) is 7.83. The maximum atomic E-state index is 11.1. The zero-order chi connectivity index (χ0) is 9.30. The van der Waals surface area contributed by atoms with Gasteiger partial charge in [-0.25, -0.2) is 0 Å². The van der Waals surface area contributed by atoms with E-state index in [9.17, 15) is 9.59 Å². The lowest BCUT2D eigenvalue weighted by atomic mass is 9.95. The number of carbonyl (C=O) groups is 2. The average molecular weight is 169 g/mol. The van der Waals surface area contributed by atoms with Crippen LogP contribution in [0.2, 0.25) is 0 Å². The highest BCUT2D eigenvalue weighted by Gasteiger charge is 2.33. The monoisotopic (exact) mass is 169 g/mol. The molecule has 2 unspecified atom stereocenters. The highest BCUT2D eigenvalue weighted by Crippen LogP contribution is 2.23. The molecule has 0 spiro atoms. The number of nitrogens with zero attached hydrogens (tertiary/aromatic N) is 1. The molecule has 0 aromatic carbocycles. The highest BCUT2D eigenvalue weighted by atomic mass is 16.2. The van der Waals surface area contributed by atoms with Crippen molar-refractivity contribution in [3.63, 3.8) is 0 Å². The van der Waals surface area contributed by atoms with Crippen molar-refractivity contribution in [3.8, 4) is 0 Å². The van der Waals surface area contributed by atoms with E-state index in [2.05, 4.69) is 0 Å². The molecule has 0 aromatic heterocycles. The van der Waals surface area contributed by atoms with Gasteiger partial charge in [0.2, 0.25) is 5.91 Å². The van der Waals surface area contributed by atoms with E-state index >= 15 is 0 Å². The molecule has 1 rings (SSSR count). The molecule has 2 atom stereocenters. The lowest BCUT2D eigenvalue weighted by Gasteiger charge is -2.11. The summed E-state index contributed by atoms with van der Waals surface area (Å²) in [6.07, 6.45) is 0. The Labute approximate surface area is 72.7 Å². The van der Waals surface area contributed by atoms with Crippen LogP contribution in [0.15, 0.2) is 0 Å². The summed E-state index contributed by atoms with van der Waals surface area (Å²) in [5.74, 6) is 0.664. The number of amides is 1. The molecule has 12 heavy (non-hydrogen) atoms. The third-order valence-electron chi connectivity index (χ3n) is 2.58. The Morgan fingerprint density at radius 3 is 2.08 bits per heavy atom. The quantitative estimate of drug-likeness (QED) is 0.579. The van der Waals surface area contributed by atoms with Crippen LogP contribution in [-0.2, 0) is 9.59 Å². The minimum absolute atomic E-state index is 0.0638. The van der Waals surface area contributed by atoms with Gasteiger partial charge in [-0.2, -0.15) is 0 Å². The molecule has 3 heteroatoms. The second-order valence-corrected chi connectivity index (χ2v) is 3.62. The van der Waals surface area contributed by atoms with Crippen LogP contribution in [0.5, 0.6) is 0 Å². The smallest absolute Gasteiger partial charge is 0.219 e. The second kappa shape index (κ2) is 3.25. The van der Waals surface area contributed by atoms with E-state index in [-0.39, 0.29) is 17.6 Å². The first kappa shape index (κ1) is 9.23. The molecule has 1 heterocycles. The summed E-state index contributed by atoms with van der Waals surface area (Å²) >= 11 is 0. The Kier molecular flexibility index (Phi) is 2.50. The van der Waals surface area contributed by atoms with Crippen molar-refractivity contribution in [1.29, 1.82) is 0 Å². The summed E-state index contributed by atoms with van der Waals surface area (Å²) in [7, 11) is 0. The van der Waals surface area contributed by atoms with Crippen molar-refractivity contribution in [2.45, 2.75) is 20.8 Å². The number of ketones is 1. The van der Waals surface area contributed by atoms with E-state index in [4.69, 9.17) is 0 Å². The summed E-state index contributed by atoms with van der Waals surface area (Å²) in [5, 5.41) is 0. The van der Waals surface area contributed by atoms with Crippen LogP contribution in [0.4, 0.5) is 0 Å². The van der Waals surface area contributed by atoms with Crippen LogP contribution in [-0.4, -0.2) is 29.7 Å². The molecule has 0 aliphatic carbocycles.